The van der Waals surface area contributed by atoms with Crippen molar-refractivity contribution in [3.63, 3.8) is 0 Å². The highest BCUT2D eigenvalue weighted by molar-refractivity contribution is 5.81. The Bertz CT molecular complexity index is 1100. The summed E-state index contributed by atoms with van der Waals surface area (Å²) in [6.45, 7) is 2.04. The summed E-state index contributed by atoms with van der Waals surface area (Å²) >= 11 is 0. The zero-order valence-corrected chi connectivity index (χ0v) is 17.1. The molecule has 0 aliphatic carbocycles. The molecule has 7 nitrogen and oxygen atoms in total. The largest absolute Gasteiger partial charge is 0.493 e. The zero-order chi connectivity index (χ0) is 21.7. The summed E-state index contributed by atoms with van der Waals surface area (Å²) in [6, 6.07) is 9.05. The Balaban J connectivity index is 1.62. The molecule has 0 unspecified atom stereocenters. The van der Waals surface area contributed by atoms with Gasteiger partial charge in [-0.1, -0.05) is 12.1 Å². The molecule has 1 aromatic heterocycles. The van der Waals surface area contributed by atoms with Crippen LogP contribution in [0.5, 0.6) is 11.5 Å². The number of carbonyl (C=O) groups excluding carboxylic acids is 1. The first kappa shape index (κ1) is 21.3. The molecule has 158 valence electrons. The highest BCUT2D eigenvalue weighted by atomic mass is 19.1. The number of ether oxygens (including phenoxy) is 3. The standard InChI is InChI=1S/C22H23FN2O5/c1-14(15-6-8-16(23)9-7-15)30-21(26)5-4-10-25-13-24-18-12-20(29-3)19(28-2)11-17(18)22(25)27/h6-9,11-14H,4-5,10H2,1-3H3/t14-/m1/s1. The van der Waals surface area contributed by atoms with Gasteiger partial charge >= 0.3 is 5.97 Å². The van der Waals surface area contributed by atoms with E-state index >= 15 is 0 Å². The molecule has 0 aliphatic heterocycles. The van der Waals surface area contributed by atoms with E-state index in [-0.39, 0.29) is 23.8 Å². The molecule has 0 spiro atoms. The number of benzene rings is 2. The Kier molecular flexibility index (Phi) is 6.66. The molecule has 0 aliphatic rings. The van der Waals surface area contributed by atoms with Gasteiger partial charge in [0.2, 0.25) is 0 Å². The lowest BCUT2D eigenvalue weighted by atomic mass is 10.1. The van der Waals surface area contributed by atoms with Crippen LogP contribution in [0, 0.1) is 5.82 Å². The van der Waals surface area contributed by atoms with Crippen molar-refractivity contribution in [2.24, 2.45) is 0 Å². The van der Waals surface area contributed by atoms with Gasteiger partial charge in [0.1, 0.15) is 11.9 Å². The van der Waals surface area contributed by atoms with Crippen LogP contribution in [0.2, 0.25) is 0 Å². The van der Waals surface area contributed by atoms with Crippen molar-refractivity contribution in [1.29, 1.82) is 0 Å². The normalized spacial score (nSPS) is 11.9. The van der Waals surface area contributed by atoms with Gasteiger partial charge in [-0.05, 0) is 37.1 Å². The molecule has 30 heavy (non-hydrogen) atoms. The number of esters is 1. The van der Waals surface area contributed by atoms with Gasteiger partial charge < -0.3 is 14.2 Å². The molecule has 1 heterocycles. The number of aryl methyl sites for hydroxylation is 1. The molecule has 0 N–H and O–H groups in total. The van der Waals surface area contributed by atoms with E-state index in [1.54, 1.807) is 31.2 Å². The van der Waals surface area contributed by atoms with E-state index in [2.05, 4.69) is 4.98 Å². The van der Waals surface area contributed by atoms with Crippen LogP contribution >= 0.6 is 0 Å². The van der Waals surface area contributed by atoms with E-state index in [0.29, 0.717) is 40.9 Å². The van der Waals surface area contributed by atoms with Crippen LogP contribution in [-0.4, -0.2) is 29.7 Å². The van der Waals surface area contributed by atoms with Crippen molar-refractivity contribution in [3.05, 3.63) is 64.5 Å². The Hall–Kier alpha value is -3.42. The third kappa shape index (κ3) is 4.76. The number of aromatic nitrogens is 2. The predicted molar refractivity (Wildman–Crippen MR) is 109 cm³/mol. The monoisotopic (exact) mass is 414 g/mol. The quantitative estimate of drug-likeness (QED) is 0.524. The van der Waals surface area contributed by atoms with E-state index in [4.69, 9.17) is 14.2 Å². The predicted octanol–water partition coefficient (Wildman–Crippen LogP) is 3.64. The summed E-state index contributed by atoms with van der Waals surface area (Å²) in [5, 5.41) is 0.405. The molecule has 3 aromatic rings. The van der Waals surface area contributed by atoms with Crippen molar-refractivity contribution < 1.29 is 23.4 Å². The van der Waals surface area contributed by atoms with Crippen LogP contribution < -0.4 is 15.0 Å². The van der Waals surface area contributed by atoms with Crippen LogP contribution in [0.3, 0.4) is 0 Å². The molecule has 0 fully saturated rings. The first-order valence-electron chi connectivity index (χ1n) is 9.49. The number of halogens is 1. The second-order valence-electron chi connectivity index (χ2n) is 6.75. The minimum Gasteiger partial charge on any atom is -0.493 e. The summed E-state index contributed by atoms with van der Waals surface area (Å²) in [7, 11) is 3.01. The molecular weight excluding hydrogens is 391 g/mol. The smallest absolute Gasteiger partial charge is 0.306 e. The Morgan fingerprint density at radius 1 is 1.13 bits per heavy atom. The molecule has 1 atom stereocenters. The molecule has 0 amide bonds. The van der Waals surface area contributed by atoms with Crippen molar-refractivity contribution in [2.75, 3.05) is 14.2 Å². The van der Waals surface area contributed by atoms with Gasteiger partial charge in [0.15, 0.2) is 11.5 Å². The van der Waals surface area contributed by atoms with Crippen molar-refractivity contribution in [1.82, 2.24) is 9.55 Å². The molecule has 0 bridgehead atoms. The Morgan fingerprint density at radius 2 is 1.80 bits per heavy atom. The number of carbonyl (C=O) groups is 1. The fraction of sp³-hybridized carbons (Fsp3) is 0.318. The zero-order valence-electron chi connectivity index (χ0n) is 17.1. The molecule has 8 heteroatoms. The third-order valence-corrected chi connectivity index (χ3v) is 4.76. The minimum atomic E-state index is -0.481. The van der Waals surface area contributed by atoms with Gasteiger partial charge in [-0.2, -0.15) is 0 Å². The third-order valence-electron chi connectivity index (χ3n) is 4.76. The number of fused-ring (bicyclic) bond motifs is 1. The van der Waals surface area contributed by atoms with Gasteiger partial charge in [0.05, 0.1) is 31.4 Å². The van der Waals surface area contributed by atoms with Gasteiger partial charge in [0, 0.05) is 19.0 Å². The number of methoxy groups -OCH3 is 2. The lowest BCUT2D eigenvalue weighted by molar-refractivity contribution is -0.148. The van der Waals surface area contributed by atoms with Crippen molar-refractivity contribution in [2.45, 2.75) is 32.4 Å². The van der Waals surface area contributed by atoms with E-state index in [1.165, 1.54) is 37.2 Å². The molecular formula is C22H23FN2O5. The molecule has 2 aromatic carbocycles. The minimum absolute atomic E-state index is 0.141. The summed E-state index contributed by atoms with van der Waals surface area (Å²) < 4.78 is 30.3. The van der Waals surface area contributed by atoms with Crippen LogP contribution in [0.1, 0.15) is 31.4 Å². The van der Waals surface area contributed by atoms with Crippen LogP contribution in [-0.2, 0) is 16.1 Å². The van der Waals surface area contributed by atoms with E-state index in [1.807, 2.05) is 0 Å². The lowest BCUT2D eigenvalue weighted by Crippen LogP contribution is -2.21. The van der Waals surface area contributed by atoms with Gasteiger partial charge in [0.25, 0.3) is 5.56 Å². The van der Waals surface area contributed by atoms with Gasteiger partial charge in [-0.25, -0.2) is 9.37 Å². The molecule has 0 saturated heterocycles. The van der Waals surface area contributed by atoms with Crippen LogP contribution in [0.25, 0.3) is 10.9 Å². The SMILES string of the molecule is COc1cc2ncn(CCCC(=O)O[C@H](C)c3ccc(F)cc3)c(=O)c2cc1OC. The average Bonchev–Trinajstić information content (AvgIpc) is 2.75. The fourth-order valence-corrected chi connectivity index (χ4v) is 3.10. The van der Waals surface area contributed by atoms with Crippen LogP contribution in [0.4, 0.5) is 4.39 Å². The highest BCUT2D eigenvalue weighted by Gasteiger charge is 2.13. The maximum atomic E-state index is 13.0. The number of rotatable bonds is 8. The van der Waals surface area contributed by atoms with Gasteiger partial charge in [-0.3, -0.25) is 14.2 Å². The molecule has 3 rings (SSSR count). The number of hydrogen-bond donors (Lipinski definition) is 0. The summed E-state index contributed by atoms with van der Waals surface area (Å²) in [5.41, 5.74) is 0.986. The van der Waals surface area contributed by atoms with Gasteiger partial charge in [-0.15, -0.1) is 0 Å². The number of nitrogens with zero attached hydrogens (tertiary/aromatic N) is 2. The summed E-state index contributed by atoms with van der Waals surface area (Å²) in [4.78, 5) is 29.1. The second kappa shape index (κ2) is 9.39. The van der Waals surface area contributed by atoms with Crippen molar-refractivity contribution in [3.8, 4) is 11.5 Å². The highest BCUT2D eigenvalue weighted by Crippen LogP contribution is 2.29. The van der Waals surface area contributed by atoms with Crippen molar-refractivity contribution >= 4 is 16.9 Å². The second-order valence-corrected chi connectivity index (χ2v) is 6.75. The molecule has 0 radical (unpaired) electrons. The van der Waals surface area contributed by atoms with E-state index in [9.17, 15) is 14.0 Å². The maximum Gasteiger partial charge on any atom is 0.306 e. The van der Waals surface area contributed by atoms with Crippen LogP contribution in [0.15, 0.2) is 47.5 Å². The first-order chi connectivity index (χ1) is 14.4. The first-order valence-corrected chi connectivity index (χ1v) is 9.49. The summed E-state index contributed by atoms with van der Waals surface area (Å²) in [5.74, 6) is 0.204. The Morgan fingerprint density at radius 3 is 2.47 bits per heavy atom. The van der Waals surface area contributed by atoms with E-state index < -0.39 is 6.10 Å². The fourth-order valence-electron chi connectivity index (χ4n) is 3.10. The maximum absolute atomic E-state index is 13.0. The Labute approximate surface area is 173 Å². The average molecular weight is 414 g/mol. The number of hydrogen-bond acceptors (Lipinski definition) is 6. The topological polar surface area (TPSA) is 79.7 Å². The molecule has 0 saturated carbocycles. The van der Waals surface area contributed by atoms with E-state index in [0.717, 1.165) is 0 Å². The summed E-state index contributed by atoms with van der Waals surface area (Å²) in [6.07, 6.45) is 1.52. The lowest BCUT2D eigenvalue weighted by Gasteiger charge is -2.14.